The Labute approximate surface area is 108 Å². The standard InChI is InChI=1S/C14H29N.CHN/c1-3-5-6-7-8-11-15-12-9-10-14(4-2)13-15;1-2/h14H,3-13H2,1-2H3;1H. The van der Waals surface area contributed by atoms with Crippen molar-refractivity contribution in [3.05, 3.63) is 0 Å². The van der Waals surface area contributed by atoms with Gasteiger partial charge < -0.3 is 4.90 Å². The van der Waals surface area contributed by atoms with Gasteiger partial charge in [-0.2, -0.15) is 0 Å². The Balaban J connectivity index is 0.00000121. The summed E-state index contributed by atoms with van der Waals surface area (Å²) < 4.78 is 0. The highest BCUT2D eigenvalue weighted by Crippen LogP contribution is 2.19. The van der Waals surface area contributed by atoms with Crippen molar-refractivity contribution in [2.75, 3.05) is 19.6 Å². The van der Waals surface area contributed by atoms with Crippen LogP contribution in [-0.2, 0) is 0 Å². The molecule has 1 heterocycles. The molecule has 0 aromatic heterocycles. The largest absolute Gasteiger partial charge is 0.303 e. The summed E-state index contributed by atoms with van der Waals surface area (Å²) in [5.74, 6) is 0.995. The van der Waals surface area contributed by atoms with Crippen LogP contribution in [0.2, 0.25) is 0 Å². The number of piperidine rings is 1. The molecule has 0 spiro atoms. The van der Waals surface area contributed by atoms with Crippen LogP contribution in [0.15, 0.2) is 0 Å². The van der Waals surface area contributed by atoms with Crippen molar-refractivity contribution in [2.45, 2.75) is 65.2 Å². The summed E-state index contributed by atoms with van der Waals surface area (Å²) in [4.78, 5) is 2.70. The van der Waals surface area contributed by atoms with Gasteiger partial charge in [-0.25, -0.2) is 5.26 Å². The van der Waals surface area contributed by atoms with Crippen molar-refractivity contribution in [1.29, 1.82) is 5.26 Å². The number of unbranched alkanes of at least 4 members (excludes halogenated alkanes) is 4. The topological polar surface area (TPSA) is 27.0 Å². The lowest BCUT2D eigenvalue weighted by Gasteiger charge is -2.32. The van der Waals surface area contributed by atoms with E-state index >= 15 is 0 Å². The van der Waals surface area contributed by atoms with Crippen LogP contribution < -0.4 is 0 Å². The molecule has 17 heavy (non-hydrogen) atoms. The van der Waals surface area contributed by atoms with Crippen LogP contribution in [0.25, 0.3) is 0 Å². The molecule has 0 amide bonds. The summed E-state index contributed by atoms with van der Waals surface area (Å²) in [7, 11) is 0. The van der Waals surface area contributed by atoms with Gasteiger partial charge in [0.1, 0.15) is 0 Å². The molecule has 0 aromatic carbocycles. The number of nitrogens with zero attached hydrogens (tertiary/aromatic N) is 2. The van der Waals surface area contributed by atoms with Gasteiger partial charge in [-0.15, -0.1) is 0 Å². The maximum absolute atomic E-state index is 6.50. The molecule has 1 atom stereocenters. The maximum atomic E-state index is 6.50. The first-order valence-corrected chi connectivity index (χ1v) is 7.35. The molecule has 1 aliphatic heterocycles. The van der Waals surface area contributed by atoms with E-state index in [-0.39, 0.29) is 0 Å². The minimum Gasteiger partial charge on any atom is -0.303 e. The maximum Gasteiger partial charge on any atom is 0.0462 e. The molecule has 1 aliphatic rings. The highest BCUT2D eigenvalue weighted by molar-refractivity contribution is 4.71. The van der Waals surface area contributed by atoms with Crippen LogP contribution in [-0.4, -0.2) is 24.5 Å². The first-order chi connectivity index (χ1) is 8.36. The molecular formula is C15H30N2. The van der Waals surface area contributed by atoms with Crippen molar-refractivity contribution in [3.63, 3.8) is 0 Å². The van der Waals surface area contributed by atoms with Crippen LogP contribution in [0.3, 0.4) is 0 Å². The van der Waals surface area contributed by atoms with Gasteiger partial charge in [0.2, 0.25) is 0 Å². The van der Waals surface area contributed by atoms with E-state index in [9.17, 15) is 0 Å². The lowest BCUT2D eigenvalue weighted by atomic mass is 9.95. The van der Waals surface area contributed by atoms with E-state index in [2.05, 4.69) is 25.3 Å². The molecule has 0 aliphatic carbocycles. The Kier molecular flexibility index (Phi) is 11.5. The normalized spacial score (nSPS) is 20.6. The fourth-order valence-electron chi connectivity index (χ4n) is 2.63. The summed E-state index contributed by atoms with van der Waals surface area (Å²) in [6, 6.07) is 0. The Morgan fingerprint density at radius 3 is 2.47 bits per heavy atom. The fourth-order valence-corrected chi connectivity index (χ4v) is 2.63. The molecule has 1 fully saturated rings. The minimum absolute atomic E-state index is 0.995. The molecule has 1 saturated heterocycles. The Morgan fingerprint density at radius 1 is 1.12 bits per heavy atom. The number of likely N-dealkylation sites (tertiary alicyclic amines) is 1. The van der Waals surface area contributed by atoms with Crippen LogP contribution in [0.1, 0.15) is 65.2 Å². The first-order valence-electron chi connectivity index (χ1n) is 7.35. The first kappa shape index (κ1) is 16.4. The lowest BCUT2D eigenvalue weighted by molar-refractivity contribution is 0.169. The van der Waals surface area contributed by atoms with E-state index in [0.717, 1.165) is 5.92 Å². The zero-order chi connectivity index (χ0) is 12.9. The average molecular weight is 238 g/mol. The predicted octanol–water partition coefficient (Wildman–Crippen LogP) is 4.22. The smallest absolute Gasteiger partial charge is 0.0462 e. The summed E-state index contributed by atoms with van der Waals surface area (Å²) in [5.41, 5.74) is 0. The van der Waals surface area contributed by atoms with Crippen molar-refractivity contribution in [2.24, 2.45) is 5.92 Å². The average Bonchev–Trinajstić information content (AvgIpc) is 2.41. The van der Waals surface area contributed by atoms with E-state index in [4.69, 9.17) is 5.26 Å². The van der Waals surface area contributed by atoms with E-state index in [1.807, 2.05) is 0 Å². The van der Waals surface area contributed by atoms with Crippen molar-refractivity contribution >= 4 is 0 Å². The second-order valence-electron chi connectivity index (χ2n) is 5.13. The number of rotatable bonds is 7. The highest BCUT2D eigenvalue weighted by Gasteiger charge is 2.17. The SMILES string of the molecule is C#N.CCCCCCCN1CCCC(CC)C1. The number of nitriles is 1. The van der Waals surface area contributed by atoms with E-state index in [1.165, 1.54) is 71.0 Å². The van der Waals surface area contributed by atoms with Gasteiger partial charge in [0.25, 0.3) is 0 Å². The van der Waals surface area contributed by atoms with Gasteiger partial charge in [-0.05, 0) is 38.3 Å². The minimum atomic E-state index is 0.995. The molecule has 1 unspecified atom stereocenters. The summed E-state index contributed by atoms with van der Waals surface area (Å²) in [6.45, 7) is 12.2. The quantitative estimate of drug-likeness (QED) is 0.621. The van der Waals surface area contributed by atoms with Crippen molar-refractivity contribution < 1.29 is 0 Å². The molecule has 2 nitrogen and oxygen atoms in total. The number of hydrogen-bond acceptors (Lipinski definition) is 2. The van der Waals surface area contributed by atoms with Crippen LogP contribution in [0, 0.1) is 17.8 Å². The summed E-state index contributed by atoms with van der Waals surface area (Å²) in [5, 5.41) is 6.50. The Hall–Kier alpha value is -0.550. The summed E-state index contributed by atoms with van der Waals surface area (Å²) in [6.07, 6.45) is 11.4. The van der Waals surface area contributed by atoms with Crippen LogP contribution >= 0.6 is 0 Å². The molecule has 0 bridgehead atoms. The van der Waals surface area contributed by atoms with E-state index in [1.54, 1.807) is 0 Å². The van der Waals surface area contributed by atoms with Gasteiger partial charge >= 0.3 is 0 Å². The molecule has 0 radical (unpaired) electrons. The Bertz CT molecular complexity index is 177. The molecular weight excluding hydrogens is 208 g/mol. The highest BCUT2D eigenvalue weighted by atomic mass is 15.1. The molecule has 0 N–H and O–H groups in total. The predicted molar refractivity (Wildman–Crippen MR) is 74.9 cm³/mol. The van der Waals surface area contributed by atoms with Crippen LogP contribution in [0.4, 0.5) is 0 Å². The third kappa shape index (κ3) is 8.21. The summed E-state index contributed by atoms with van der Waals surface area (Å²) >= 11 is 0. The van der Waals surface area contributed by atoms with Gasteiger partial charge in [0.05, 0.1) is 0 Å². The van der Waals surface area contributed by atoms with Gasteiger partial charge in [0.15, 0.2) is 0 Å². The van der Waals surface area contributed by atoms with Crippen molar-refractivity contribution in [1.82, 2.24) is 4.90 Å². The third-order valence-electron chi connectivity index (χ3n) is 3.76. The van der Waals surface area contributed by atoms with E-state index < -0.39 is 0 Å². The molecule has 2 heteroatoms. The molecule has 0 aromatic rings. The Morgan fingerprint density at radius 2 is 1.82 bits per heavy atom. The zero-order valence-corrected chi connectivity index (χ0v) is 11.8. The molecule has 0 saturated carbocycles. The molecule has 1 rings (SSSR count). The molecule has 100 valence electrons. The van der Waals surface area contributed by atoms with Gasteiger partial charge in [0, 0.05) is 13.1 Å². The second kappa shape index (κ2) is 11.9. The van der Waals surface area contributed by atoms with Crippen LogP contribution in [0.5, 0.6) is 0 Å². The number of hydrogen-bond donors (Lipinski definition) is 0. The van der Waals surface area contributed by atoms with Gasteiger partial charge in [-0.1, -0.05) is 46.0 Å². The second-order valence-corrected chi connectivity index (χ2v) is 5.13. The fraction of sp³-hybridized carbons (Fsp3) is 0.933. The van der Waals surface area contributed by atoms with E-state index in [0.29, 0.717) is 0 Å². The third-order valence-corrected chi connectivity index (χ3v) is 3.76. The van der Waals surface area contributed by atoms with Crippen molar-refractivity contribution in [3.8, 4) is 6.57 Å². The van der Waals surface area contributed by atoms with Gasteiger partial charge in [-0.3, -0.25) is 0 Å². The zero-order valence-electron chi connectivity index (χ0n) is 11.8. The monoisotopic (exact) mass is 238 g/mol. The lowest BCUT2D eigenvalue weighted by Crippen LogP contribution is -2.35.